The van der Waals surface area contributed by atoms with Gasteiger partial charge in [0, 0.05) is 0 Å². The highest BCUT2D eigenvalue weighted by atomic mass is 32.1. The quantitative estimate of drug-likeness (QED) is 0.372. The first-order valence-electron chi connectivity index (χ1n) is 3.14. The van der Waals surface area contributed by atoms with Crippen molar-refractivity contribution in [3.63, 3.8) is 0 Å². The molecule has 2 amide bonds. The predicted molar refractivity (Wildman–Crippen MR) is 46.9 cm³/mol. The summed E-state index contributed by atoms with van der Waals surface area (Å²) in [7, 11) is 10.9. The Kier molecular flexibility index (Phi) is 1.41. The summed E-state index contributed by atoms with van der Waals surface area (Å²) in [4.78, 5) is 22.1. The number of amides is 2. The molecule has 2 rings (SSSR count). The molecule has 4 radical (unpaired) electrons. The van der Waals surface area contributed by atoms with Gasteiger partial charge >= 0.3 is 0 Å². The van der Waals surface area contributed by atoms with Crippen molar-refractivity contribution < 1.29 is 9.59 Å². The minimum Gasteiger partial charge on any atom is -0.288 e. The molecule has 0 fully saturated rings. The molecule has 1 aromatic rings. The van der Waals surface area contributed by atoms with E-state index in [-0.39, 0.29) is 11.1 Å². The van der Waals surface area contributed by atoms with Crippen LogP contribution in [0.25, 0.3) is 0 Å². The molecule has 1 aliphatic rings. The molecule has 0 aliphatic carbocycles. The van der Waals surface area contributed by atoms with E-state index in [4.69, 9.17) is 15.7 Å². The lowest BCUT2D eigenvalue weighted by molar-refractivity contribution is 0.0880. The molecule has 1 aromatic heterocycles. The molecule has 6 heteroatoms. The zero-order valence-corrected chi connectivity index (χ0v) is 6.70. The van der Waals surface area contributed by atoms with Gasteiger partial charge in [-0.25, -0.2) is 0 Å². The Hall–Kier alpha value is -1.03. The van der Waals surface area contributed by atoms with Crippen molar-refractivity contribution in [3.8, 4) is 0 Å². The predicted octanol–water partition coefficient (Wildman–Crippen LogP) is -1.78. The second kappa shape index (κ2) is 2.23. The van der Waals surface area contributed by atoms with Gasteiger partial charge in [0.25, 0.3) is 11.8 Å². The number of rotatable bonds is 0. The van der Waals surface area contributed by atoms with Crippen LogP contribution in [0.4, 0.5) is 0 Å². The van der Waals surface area contributed by atoms with Gasteiger partial charge in [0.05, 0.1) is 11.1 Å². The van der Waals surface area contributed by atoms with Crippen molar-refractivity contribution in [2.45, 2.75) is 0 Å². The van der Waals surface area contributed by atoms with Gasteiger partial charge in [-0.05, 0) is 9.55 Å². The second-order valence-corrected chi connectivity index (χ2v) is 3.45. The van der Waals surface area contributed by atoms with E-state index < -0.39 is 11.8 Å². The first kappa shape index (κ1) is 7.61. The maximum absolute atomic E-state index is 11.0. The summed E-state index contributed by atoms with van der Waals surface area (Å²) >= 11 is 1.05. The summed E-state index contributed by atoms with van der Waals surface area (Å²) < 4.78 is 0.594. The molecule has 0 saturated carbocycles. The summed E-state index contributed by atoms with van der Waals surface area (Å²) in [5, 5.41) is 2.11. The maximum atomic E-state index is 11.0. The number of nitrogens with one attached hydrogen (secondary N) is 1. The van der Waals surface area contributed by atoms with Crippen LogP contribution < -0.4 is 14.9 Å². The van der Waals surface area contributed by atoms with E-state index in [1.54, 1.807) is 0 Å². The standard InChI is InChI=1S/C6HB2NO2S/c7-3-1-2(4(8)12-3)6(11)9-5(1)10/h(H,9,10,11). The van der Waals surface area contributed by atoms with E-state index in [0.717, 1.165) is 11.3 Å². The third-order valence-electron chi connectivity index (χ3n) is 1.64. The molecule has 1 aliphatic heterocycles. The number of carbonyl (C=O) groups is 2. The SMILES string of the molecule is [B]c1sc([B])c2c1C(=O)NC2=O. The Labute approximate surface area is 75.0 Å². The van der Waals surface area contributed by atoms with Gasteiger partial charge in [0.2, 0.25) is 0 Å². The van der Waals surface area contributed by atoms with Gasteiger partial charge in [-0.15, -0.1) is 0 Å². The lowest BCUT2D eigenvalue weighted by Gasteiger charge is -1.90. The minimum atomic E-state index is -0.458. The molecule has 3 nitrogen and oxygen atoms in total. The lowest BCUT2D eigenvalue weighted by atomic mass is 9.95. The van der Waals surface area contributed by atoms with Crippen LogP contribution in [0, 0.1) is 0 Å². The number of imide groups is 1. The molecule has 0 atom stereocenters. The smallest absolute Gasteiger partial charge is 0.259 e. The molecule has 0 aromatic carbocycles. The van der Waals surface area contributed by atoms with Crippen molar-refractivity contribution in [1.29, 1.82) is 0 Å². The molecule has 0 spiro atoms. The zero-order chi connectivity index (χ0) is 8.88. The minimum absolute atomic E-state index is 0.225. The Balaban J connectivity index is 2.78. The molecule has 2 heterocycles. The van der Waals surface area contributed by atoms with Crippen molar-refractivity contribution in [1.82, 2.24) is 5.32 Å². The molecule has 54 valence electrons. The summed E-state index contributed by atoms with van der Waals surface area (Å²) in [6.45, 7) is 0. The van der Waals surface area contributed by atoms with Crippen LogP contribution >= 0.6 is 11.3 Å². The summed E-state index contributed by atoms with van der Waals surface area (Å²) in [5.74, 6) is -0.916. The third kappa shape index (κ3) is 0.783. The lowest BCUT2D eigenvalue weighted by Crippen LogP contribution is -2.24. The molecule has 0 saturated heterocycles. The van der Waals surface area contributed by atoms with Crippen LogP contribution in [0.2, 0.25) is 0 Å². The van der Waals surface area contributed by atoms with Gasteiger partial charge in [0.1, 0.15) is 15.7 Å². The summed E-state index contributed by atoms with van der Waals surface area (Å²) in [6, 6.07) is 0. The van der Waals surface area contributed by atoms with E-state index in [0.29, 0.717) is 9.55 Å². The molecule has 12 heavy (non-hydrogen) atoms. The van der Waals surface area contributed by atoms with E-state index in [1.807, 2.05) is 0 Å². The fourth-order valence-corrected chi connectivity index (χ4v) is 1.98. The third-order valence-corrected chi connectivity index (χ3v) is 2.49. The van der Waals surface area contributed by atoms with E-state index in [1.165, 1.54) is 0 Å². The van der Waals surface area contributed by atoms with Crippen LogP contribution in [0.5, 0.6) is 0 Å². The highest BCUT2D eigenvalue weighted by Crippen LogP contribution is 2.13. The fourth-order valence-electron chi connectivity index (χ4n) is 1.15. The highest BCUT2D eigenvalue weighted by molar-refractivity contribution is 7.27. The molecular formula is C6HB2NO2S. The Bertz CT molecular complexity index is 364. The van der Waals surface area contributed by atoms with Crippen LogP contribution in [-0.2, 0) is 0 Å². The Morgan fingerprint density at radius 1 is 1.00 bits per heavy atom. The Morgan fingerprint density at radius 3 is 1.83 bits per heavy atom. The van der Waals surface area contributed by atoms with Crippen molar-refractivity contribution in [2.24, 2.45) is 0 Å². The second-order valence-electron chi connectivity index (χ2n) is 2.36. The van der Waals surface area contributed by atoms with Gasteiger partial charge < -0.3 is 0 Å². The van der Waals surface area contributed by atoms with Gasteiger partial charge in [-0.3, -0.25) is 14.9 Å². The summed E-state index contributed by atoms with van der Waals surface area (Å²) in [6.07, 6.45) is 0. The highest BCUT2D eigenvalue weighted by Gasteiger charge is 2.31. The van der Waals surface area contributed by atoms with Crippen LogP contribution in [0.1, 0.15) is 20.7 Å². The van der Waals surface area contributed by atoms with Gasteiger partial charge in [-0.1, -0.05) is 0 Å². The first-order valence-corrected chi connectivity index (χ1v) is 3.96. The molecule has 0 unspecified atom stereocenters. The fraction of sp³-hybridized carbons (Fsp3) is 0. The molecule has 0 bridgehead atoms. The number of hydrogen-bond donors (Lipinski definition) is 1. The number of hydrogen-bond acceptors (Lipinski definition) is 3. The molecular weight excluding hydrogens is 172 g/mol. The van der Waals surface area contributed by atoms with Crippen molar-refractivity contribution >= 4 is 48.4 Å². The number of fused-ring (bicyclic) bond motifs is 1. The van der Waals surface area contributed by atoms with E-state index in [9.17, 15) is 9.59 Å². The monoisotopic (exact) mass is 173 g/mol. The first-order chi connectivity index (χ1) is 5.61. The van der Waals surface area contributed by atoms with Crippen LogP contribution in [-0.4, -0.2) is 27.5 Å². The maximum Gasteiger partial charge on any atom is 0.259 e. The number of carbonyl (C=O) groups excluding carboxylic acids is 2. The normalized spacial score (nSPS) is 14.7. The largest absolute Gasteiger partial charge is 0.288 e. The Morgan fingerprint density at radius 2 is 1.42 bits per heavy atom. The van der Waals surface area contributed by atoms with Crippen LogP contribution in [0.15, 0.2) is 0 Å². The average Bonchev–Trinajstić information content (AvgIpc) is 2.38. The molecule has 1 N–H and O–H groups in total. The van der Waals surface area contributed by atoms with Crippen molar-refractivity contribution in [2.75, 3.05) is 0 Å². The van der Waals surface area contributed by atoms with E-state index >= 15 is 0 Å². The summed E-state index contributed by atoms with van der Waals surface area (Å²) in [5.41, 5.74) is 0.449. The van der Waals surface area contributed by atoms with Gasteiger partial charge in [-0.2, -0.15) is 11.3 Å². The van der Waals surface area contributed by atoms with Gasteiger partial charge in [0.15, 0.2) is 0 Å². The number of thiophene rings is 1. The van der Waals surface area contributed by atoms with E-state index in [2.05, 4.69) is 5.32 Å². The van der Waals surface area contributed by atoms with Crippen molar-refractivity contribution in [3.05, 3.63) is 11.1 Å². The topological polar surface area (TPSA) is 46.2 Å². The average molecular weight is 173 g/mol. The zero-order valence-electron chi connectivity index (χ0n) is 5.88. The van der Waals surface area contributed by atoms with Crippen LogP contribution in [0.3, 0.4) is 0 Å².